The predicted octanol–water partition coefficient (Wildman–Crippen LogP) is 4.73. The van der Waals surface area contributed by atoms with Crippen LogP contribution < -0.4 is 5.32 Å². The molecule has 0 radical (unpaired) electrons. The molecule has 1 N–H and O–H groups in total. The molecule has 4 rings (SSSR count). The summed E-state index contributed by atoms with van der Waals surface area (Å²) in [5.41, 5.74) is -0.520. The summed E-state index contributed by atoms with van der Waals surface area (Å²) in [7, 11) is 0. The van der Waals surface area contributed by atoms with Crippen LogP contribution in [-0.4, -0.2) is 58.6 Å². The molecule has 2 heterocycles. The van der Waals surface area contributed by atoms with E-state index in [1.807, 2.05) is 42.2 Å². The number of anilines is 1. The van der Waals surface area contributed by atoms with Gasteiger partial charge < -0.3 is 9.84 Å². The van der Waals surface area contributed by atoms with Crippen molar-refractivity contribution in [2.75, 3.05) is 38.0 Å². The van der Waals surface area contributed by atoms with Crippen molar-refractivity contribution in [1.82, 2.24) is 19.9 Å². The molecule has 2 aromatic carbocycles. The molecular weight excluding hydrogens is 471 g/mol. The lowest BCUT2D eigenvalue weighted by molar-refractivity contribution is -0.137. The van der Waals surface area contributed by atoms with E-state index >= 15 is 0 Å². The van der Waals surface area contributed by atoms with E-state index < -0.39 is 23.3 Å². The van der Waals surface area contributed by atoms with Crippen LogP contribution in [0.2, 0.25) is 5.02 Å². The van der Waals surface area contributed by atoms with Crippen LogP contribution in [0.5, 0.6) is 0 Å². The van der Waals surface area contributed by atoms with Gasteiger partial charge in [-0.15, -0.1) is 0 Å². The summed E-state index contributed by atoms with van der Waals surface area (Å²) in [6.07, 6.45) is -4.62. The molecular formula is C23H23ClF3N5O2. The third kappa shape index (κ3) is 5.57. The molecule has 1 amide bonds. The molecule has 0 saturated carbocycles. The second-order valence-corrected chi connectivity index (χ2v) is 8.43. The van der Waals surface area contributed by atoms with Gasteiger partial charge in [0.05, 0.1) is 28.9 Å². The third-order valence-electron chi connectivity index (χ3n) is 5.74. The molecule has 1 saturated heterocycles. The number of hydrogen-bond donors (Lipinski definition) is 1. The van der Waals surface area contributed by atoms with Crippen molar-refractivity contribution in [2.45, 2.75) is 19.1 Å². The molecule has 34 heavy (non-hydrogen) atoms. The molecule has 1 aliphatic heterocycles. The summed E-state index contributed by atoms with van der Waals surface area (Å²) in [5, 5.41) is 6.24. The third-order valence-corrected chi connectivity index (χ3v) is 6.05. The van der Waals surface area contributed by atoms with Crippen LogP contribution in [0.3, 0.4) is 0 Å². The second-order valence-electron chi connectivity index (χ2n) is 8.02. The fraction of sp³-hybridized carbons (Fsp3) is 0.348. The quantitative estimate of drug-likeness (QED) is 0.535. The number of nitrogens with zero attached hydrogens (tertiary/aromatic N) is 4. The number of amides is 1. The Labute approximate surface area is 199 Å². The van der Waals surface area contributed by atoms with Crippen molar-refractivity contribution < 1.29 is 22.5 Å². The summed E-state index contributed by atoms with van der Waals surface area (Å²) < 4.78 is 45.2. The highest BCUT2D eigenvalue weighted by atomic mass is 35.5. The SMILES string of the molecule is CC(c1nc(-c2ccccc2)no1)N1CCN(CC(=O)Nc2c(Cl)cccc2C(F)(F)F)CC1. The number of carbonyl (C=O) groups is 1. The number of para-hydroxylation sites is 1. The number of aromatic nitrogens is 2. The largest absolute Gasteiger partial charge is 0.418 e. The van der Waals surface area contributed by atoms with Gasteiger partial charge >= 0.3 is 6.18 Å². The van der Waals surface area contributed by atoms with Gasteiger partial charge in [-0.05, 0) is 19.1 Å². The number of nitrogens with one attached hydrogen (secondary N) is 1. The summed E-state index contributed by atoms with van der Waals surface area (Å²) in [4.78, 5) is 21.0. The van der Waals surface area contributed by atoms with E-state index in [-0.39, 0.29) is 17.6 Å². The van der Waals surface area contributed by atoms with Crippen LogP contribution in [-0.2, 0) is 11.0 Å². The van der Waals surface area contributed by atoms with E-state index in [9.17, 15) is 18.0 Å². The van der Waals surface area contributed by atoms with E-state index in [1.54, 1.807) is 0 Å². The zero-order chi connectivity index (χ0) is 24.3. The molecule has 7 nitrogen and oxygen atoms in total. The van der Waals surface area contributed by atoms with Gasteiger partial charge in [-0.3, -0.25) is 14.6 Å². The smallest absolute Gasteiger partial charge is 0.337 e. The summed E-state index contributed by atoms with van der Waals surface area (Å²) in [6, 6.07) is 12.8. The van der Waals surface area contributed by atoms with Crippen molar-refractivity contribution in [3.63, 3.8) is 0 Å². The second kappa shape index (κ2) is 10.1. The summed E-state index contributed by atoms with van der Waals surface area (Å²) in [5.74, 6) is 0.475. The fourth-order valence-electron chi connectivity index (χ4n) is 3.84. The van der Waals surface area contributed by atoms with E-state index in [0.29, 0.717) is 37.9 Å². The van der Waals surface area contributed by atoms with Gasteiger partial charge in [-0.1, -0.05) is 53.2 Å². The highest BCUT2D eigenvalue weighted by Crippen LogP contribution is 2.38. The average molecular weight is 494 g/mol. The number of halogens is 4. The summed E-state index contributed by atoms with van der Waals surface area (Å²) >= 11 is 5.92. The van der Waals surface area contributed by atoms with Crippen molar-refractivity contribution in [1.29, 1.82) is 0 Å². The highest BCUT2D eigenvalue weighted by molar-refractivity contribution is 6.34. The standard InChI is InChI=1S/C23H23ClF3N5O2/c1-15(22-29-21(30-34-22)16-6-3-2-4-7-16)32-12-10-31(11-13-32)14-19(33)28-20-17(23(25,26)27)8-5-9-18(20)24/h2-9,15H,10-14H2,1H3,(H,28,33). The van der Waals surface area contributed by atoms with Crippen molar-refractivity contribution in [3.8, 4) is 11.4 Å². The molecule has 1 fully saturated rings. The van der Waals surface area contributed by atoms with Crippen LogP contribution in [0.1, 0.15) is 24.4 Å². The Morgan fingerprint density at radius 1 is 1.12 bits per heavy atom. The van der Waals surface area contributed by atoms with Crippen molar-refractivity contribution in [3.05, 3.63) is 65.0 Å². The van der Waals surface area contributed by atoms with Crippen LogP contribution >= 0.6 is 11.6 Å². The van der Waals surface area contributed by atoms with Crippen molar-refractivity contribution >= 4 is 23.2 Å². The molecule has 0 spiro atoms. The van der Waals surface area contributed by atoms with Gasteiger partial charge in [-0.2, -0.15) is 18.2 Å². The number of benzene rings is 2. The fourth-order valence-corrected chi connectivity index (χ4v) is 4.07. The van der Waals surface area contributed by atoms with Crippen LogP contribution in [0.4, 0.5) is 18.9 Å². The van der Waals surface area contributed by atoms with E-state index in [2.05, 4.69) is 20.4 Å². The van der Waals surface area contributed by atoms with E-state index in [4.69, 9.17) is 16.1 Å². The van der Waals surface area contributed by atoms with E-state index in [1.165, 1.54) is 12.1 Å². The van der Waals surface area contributed by atoms with Gasteiger partial charge in [0.15, 0.2) is 0 Å². The lowest BCUT2D eigenvalue weighted by atomic mass is 10.1. The first-order valence-electron chi connectivity index (χ1n) is 10.7. The van der Waals surface area contributed by atoms with Crippen LogP contribution in [0.25, 0.3) is 11.4 Å². The van der Waals surface area contributed by atoms with E-state index in [0.717, 1.165) is 11.6 Å². The highest BCUT2D eigenvalue weighted by Gasteiger charge is 2.35. The van der Waals surface area contributed by atoms with Gasteiger partial charge in [0, 0.05) is 31.7 Å². The maximum Gasteiger partial charge on any atom is 0.418 e. The Kier molecular flexibility index (Phi) is 7.20. The van der Waals surface area contributed by atoms with Crippen LogP contribution in [0, 0.1) is 0 Å². The Hall–Kier alpha value is -2.95. The minimum Gasteiger partial charge on any atom is -0.337 e. The maximum absolute atomic E-state index is 13.3. The normalized spacial score (nSPS) is 16.4. The molecule has 180 valence electrons. The monoisotopic (exact) mass is 493 g/mol. The molecule has 1 aromatic heterocycles. The number of rotatable bonds is 6. The summed E-state index contributed by atoms with van der Waals surface area (Å²) in [6.45, 7) is 4.33. The molecule has 1 aliphatic rings. The van der Waals surface area contributed by atoms with Gasteiger partial charge in [-0.25, -0.2) is 0 Å². The first-order chi connectivity index (χ1) is 16.2. The molecule has 0 aliphatic carbocycles. The number of alkyl halides is 3. The first kappa shape index (κ1) is 24.2. The number of carbonyl (C=O) groups excluding carboxylic acids is 1. The minimum absolute atomic E-state index is 0.0382. The molecule has 0 bridgehead atoms. The molecule has 1 atom stereocenters. The van der Waals surface area contributed by atoms with Gasteiger partial charge in [0.25, 0.3) is 0 Å². The number of hydrogen-bond acceptors (Lipinski definition) is 6. The maximum atomic E-state index is 13.3. The Bertz CT molecular complexity index is 1130. The molecule has 11 heteroatoms. The molecule has 1 unspecified atom stereocenters. The Morgan fingerprint density at radius 2 is 1.82 bits per heavy atom. The molecule has 3 aromatic rings. The predicted molar refractivity (Wildman–Crippen MR) is 121 cm³/mol. The van der Waals surface area contributed by atoms with Crippen molar-refractivity contribution in [2.24, 2.45) is 0 Å². The lowest BCUT2D eigenvalue weighted by Crippen LogP contribution is -2.49. The minimum atomic E-state index is -4.62. The zero-order valence-corrected chi connectivity index (χ0v) is 19.1. The Morgan fingerprint density at radius 3 is 2.50 bits per heavy atom. The van der Waals surface area contributed by atoms with Gasteiger partial charge in [0.2, 0.25) is 17.6 Å². The number of piperazine rings is 1. The van der Waals surface area contributed by atoms with Gasteiger partial charge in [0.1, 0.15) is 0 Å². The van der Waals surface area contributed by atoms with Crippen LogP contribution in [0.15, 0.2) is 53.1 Å². The zero-order valence-electron chi connectivity index (χ0n) is 18.3. The Balaban J connectivity index is 1.32. The average Bonchev–Trinajstić information content (AvgIpc) is 3.31. The first-order valence-corrected chi connectivity index (χ1v) is 11.1. The lowest BCUT2D eigenvalue weighted by Gasteiger charge is -2.36. The topological polar surface area (TPSA) is 74.5 Å².